The Hall–Kier alpha value is -1.12. The Bertz CT molecular complexity index is 476. The Kier molecular flexibility index (Phi) is 10.9. The minimum Gasteiger partial charge on any atom is -0.480 e. The fourth-order valence-corrected chi connectivity index (χ4v) is 2.69. The Balaban J connectivity index is 0.000000468. The van der Waals surface area contributed by atoms with Crippen molar-refractivity contribution in [2.45, 2.75) is 44.6 Å². The first-order valence-electron chi connectivity index (χ1n) is 7.95. The number of rotatable bonds is 5. The Labute approximate surface area is 150 Å². The predicted molar refractivity (Wildman–Crippen MR) is 98.1 cm³/mol. The first kappa shape index (κ1) is 22.9. The quantitative estimate of drug-likeness (QED) is 0.502. The summed E-state index contributed by atoms with van der Waals surface area (Å²) in [5.74, 6) is -0.711. The molecule has 2 rings (SSSR count). The number of carboxylic acids is 1. The molecule has 1 aliphatic heterocycles. The fourth-order valence-electron chi connectivity index (χ4n) is 2.69. The van der Waals surface area contributed by atoms with Crippen molar-refractivity contribution in [3.8, 4) is 0 Å². The van der Waals surface area contributed by atoms with E-state index in [9.17, 15) is 4.79 Å². The second-order valence-electron chi connectivity index (χ2n) is 6.28. The highest BCUT2D eigenvalue weighted by Crippen LogP contribution is 2.27. The topological polar surface area (TPSA) is 116 Å². The van der Waals surface area contributed by atoms with Gasteiger partial charge in [0.05, 0.1) is 0 Å². The van der Waals surface area contributed by atoms with E-state index in [1.165, 1.54) is 0 Å². The number of nitrogens with two attached hydrogens (primary N) is 1. The molecule has 136 valence electrons. The molecule has 0 bridgehead atoms. The van der Waals surface area contributed by atoms with Crippen LogP contribution in [0.4, 0.5) is 0 Å². The minimum absolute atomic E-state index is 0. The maximum atomic E-state index is 10.9. The molecular formula is C16H28BClN2O4. The molecule has 1 aromatic rings. The first-order valence-corrected chi connectivity index (χ1v) is 7.95. The Morgan fingerprint density at radius 3 is 2.33 bits per heavy atom. The maximum Gasteiger partial charge on any atom is 0.469 e. The van der Waals surface area contributed by atoms with Gasteiger partial charge >= 0.3 is 13.1 Å². The van der Waals surface area contributed by atoms with Crippen LogP contribution in [0.3, 0.4) is 0 Å². The number of benzene rings is 1. The van der Waals surface area contributed by atoms with Crippen LogP contribution in [0.15, 0.2) is 30.3 Å². The van der Waals surface area contributed by atoms with E-state index in [0.717, 1.165) is 18.5 Å². The first-order chi connectivity index (χ1) is 10.8. The van der Waals surface area contributed by atoms with E-state index in [1.54, 1.807) is 0 Å². The van der Waals surface area contributed by atoms with E-state index in [4.69, 9.17) is 20.9 Å². The van der Waals surface area contributed by atoms with Crippen LogP contribution in [0.25, 0.3) is 0 Å². The summed E-state index contributed by atoms with van der Waals surface area (Å²) >= 11 is 0. The number of halogens is 1. The van der Waals surface area contributed by atoms with Gasteiger partial charge in [0.15, 0.2) is 0 Å². The molecule has 1 aliphatic rings. The number of aliphatic carboxylic acids is 1. The van der Waals surface area contributed by atoms with Crippen LogP contribution < -0.4 is 11.1 Å². The lowest BCUT2D eigenvalue weighted by atomic mass is 9.76. The highest BCUT2D eigenvalue weighted by molar-refractivity contribution is 6.43. The van der Waals surface area contributed by atoms with Crippen LogP contribution in [-0.4, -0.2) is 46.8 Å². The van der Waals surface area contributed by atoms with E-state index in [0.29, 0.717) is 12.3 Å². The lowest BCUT2D eigenvalue weighted by Crippen LogP contribution is -2.39. The lowest BCUT2D eigenvalue weighted by Gasteiger charge is -2.15. The molecule has 0 aliphatic carbocycles. The van der Waals surface area contributed by atoms with Gasteiger partial charge < -0.3 is 26.2 Å². The van der Waals surface area contributed by atoms with E-state index in [-0.39, 0.29) is 18.3 Å². The molecule has 0 saturated carbocycles. The van der Waals surface area contributed by atoms with Crippen molar-refractivity contribution in [2.75, 3.05) is 6.54 Å². The van der Waals surface area contributed by atoms with Gasteiger partial charge in [-0.2, -0.15) is 0 Å². The standard InChI is InChI=1S/C11H13NO2.C5H14BNO2.ClH/c13-11(14)10-9(6-7-12-10)8-4-2-1-3-5-8;1-4(2)3-5(7)6(8)9;/h1-5,9-10,12H,6-7H2,(H,13,14);4-5,8-9H,3,7H2,1-2H3;1H/t9-,10-;5-;/m00./s1. The average molecular weight is 359 g/mol. The number of carbonyl (C=O) groups is 1. The highest BCUT2D eigenvalue weighted by Gasteiger charge is 2.33. The molecule has 0 radical (unpaired) electrons. The molecule has 1 saturated heterocycles. The summed E-state index contributed by atoms with van der Waals surface area (Å²) in [6.07, 6.45) is 1.55. The maximum absolute atomic E-state index is 10.9. The summed E-state index contributed by atoms with van der Waals surface area (Å²) in [7, 11) is -1.37. The van der Waals surface area contributed by atoms with Crippen molar-refractivity contribution in [1.82, 2.24) is 5.32 Å². The largest absolute Gasteiger partial charge is 0.480 e. The normalized spacial score (nSPS) is 20.6. The van der Waals surface area contributed by atoms with Gasteiger partial charge in [-0.25, -0.2) is 0 Å². The zero-order valence-corrected chi connectivity index (χ0v) is 14.9. The summed E-state index contributed by atoms with van der Waals surface area (Å²) in [6.45, 7) is 4.76. The molecule has 24 heavy (non-hydrogen) atoms. The summed E-state index contributed by atoms with van der Waals surface area (Å²) in [5.41, 5.74) is 6.43. The van der Waals surface area contributed by atoms with Crippen LogP contribution in [0.2, 0.25) is 0 Å². The third-order valence-corrected chi connectivity index (χ3v) is 3.84. The van der Waals surface area contributed by atoms with Gasteiger partial charge in [-0.1, -0.05) is 44.2 Å². The zero-order chi connectivity index (χ0) is 17.4. The predicted octanol–water partition coefficient (Wildman–Crippen LogP) is 1.01. The SMILES string of the molecule is CC(C)C[C@H](N)B(O)O.Cl.O=C(O)[C@H]1NCC[C@H]1c1ccccc1. The van der Waals surface area contributed by atoms with E-state index >= 15 is 0 Å². The van der Waals surface area contributed by atoms with E-state index in [1.807, 2.05) is 44.2 Å². The van der Waals surface area contributed by atoms with Gasteiger partial charge in [0.1, 0.15) is 6.04 Å². The van der Waals surface area contributed by atoms with Gasteiger partial charge in [-0.05, 0) is 30.9 Å². The number of hydrogen-bond acceptors (Lipinski definition) is 5. The van der Waals surface area contributed by atoms with Crippen LogP contribution >= 0.6 is 12.4 Å². The second-order valence-corrected chi connectivity index (χ2v) is 6.28. The summed E-state index contributed by atoms with van der Waals surface area (Å²) < 4.78 is 0. The molecule has 0 aromatic heterocycles. The molecule has 1 fully saturated rings. The molecule has 1 aromatic carbocycles. The van der Waals surface area contributed by atoms with Crippen molar-refractivity contribution >= 4 is 25.5 Å². The molecular weight excluding hydrogens is 330 g/mol. The average Bonchev–Trinajstić information content (AvgIpc) is 2.97. The Morgan fingerprint density at radius 1 is 1.33 bits per heavy atom. The second kappa shape index (κ2) is 11.4. The highest BCUT2D eigenvalue weighted by atomic mass is 35.5. The summed E-state index contributed by atoms with van der Waals surface area (Å²) in [5, 5.41) is 29.0. The van der Waals surface area contributed by atoms with Crippen LogP contribution in [-0.2, 0) is 4.79 Å². The minimum atomic E-state index is -1.37. The van der Waals surface area contributed by atoms with Crippen LogP contribution in [0, 0.1) is 5.92 Å². The number of carboxylic acid groups (broad SMARTS) is 1. The number of hydrogen-bond donors (Lipinski definition) is 5. The summed E-state index contributed by atoms with van der Waals surface area (Å²) in [4.78, 5) is 10.9. The van der Waals surface area contributed by atoms with Crippen LogP contribution in [0.1, 0.15) is 38.2 Å². The molecule has 3 atom stereocenters. The van der Waals surface area contributed by atoms with Crippen molar-refractivity contribution in [2.24, 2.45) is 11.7 Å². The molecule has 1 heterocycles. The van der Waals surface area contributed by atoms with Gasteiger partial charge in [-0.3, -0.25) is 4.79 Å². The van der Waals surface area contributed by atoms with Crippen molar-refractivity contribution in [3.63, 3.8) is 0 Å². The smallest absolute Gasteiger partial charge is 0.469 e. The molecule has 0 amide bonds. The molecule has 6 N–H and O–H groups in total. The third kappa shape index (κ3) is 7.64. The molecule has 0 spiro atoms. The van der Waals surface area contributed by atoms with E-state index < -0.39 is 25.1 Å². The van der Waals surface area contributed by atoms with Crippen LogP contribution in [0.5, 0.6) is 0 Å². The summed E-state index contributed by atoms with van der Waals surface area (Å²) in [6, 6.07) is 9.42. The van der Waals surface area contributed by atoms with Gasteiger partial charge in [-0.15, -0.1) is 12.4 Å². The lowest BCUT2D eigenvalue weighted by molar-refractivity contribution is -0.139. The van der Waals surface area contributed by atoms with Gasteiger partial charge in [0.2, 0.25) is 0 Å². The van der Waals surface area contributed by atoms with Gasteiger partial charge in [0.25, 0.3) is 0 Å². The molecule has 0 unspecified atom stereocenters. The molecule has 8 heteroatoms. The Morgan fingerprint density at radius 2 is 1.92 bits per heavy atom. The van der Waals surface area contributed by atoms with Crippen molar-refractivity contribution in [3.05, 3.63) is 35.9 Å². The zero-order valence-electron chi connectivity index (χ0n) is 14.1. The molecule has 6 nitrogen and oxygen atoms in total. The van der Waals surface area contributed by atoms with E-state index in [2.05, 4.69) is 5.32 Å². The van der Waals surface area contributed by atoms with Crippen molar-refractivity contribution < 1.29 is 19.9 Å². The third-order valence-electron chi connectivity index (χ3n) is 3.84. The number of nitrogens with one attached hydrogen (secondary N) is 1. The monoisotopic (exact) mass is 358 g/mol. The van der Waals surface area contributed by atoms with Crippen molar-refractivity contribution in [1.29, 1.82) is 0 Å². The van der Waals surface area contributed by atoms with Gasteiger partial charge in [0, 0.05) is 11.9 Å². The fraction of sp³-hybridized carbons (Fsp3) is 0.562.